The minimum Gasteiger partial charge on any atom is -0.381 e. The number of hydrogen-bond donors (Lipinski definition) is 2. The van der Waals surface area contributed by atoms with E-state index in [-0.39, 0.29) is 18.5 Å². The van der Waals surface area contributed by atoms with Gasteiger partial charge < -0.3 is 15.4 Å². The number of ether oxygens (including phenoxy) is 1. The van der Waals surface area contributed by atoms with E-state index in [2.05, 4.69) is 10.6 Å². The van der Waals surface area contributed by atoms with E-state index in [1.165, 1.54) is 0 Å². The molecule has 1 amide bonds. The maximum Gasteiger partial charge on any atom is 0.250 e. The van der Waals surface area contributed by atoms with E-state index >= 15 is 0 Å². The van der Waals surface area contributed by atoms with Crippen molar-refractivity contribution < 1.29 is 18.3 Å². The SMILES string of the molecule is O=C(CNCC(F)F)NC1CCOCC1. The molecule has 15 heavy (non-hydrogen) atoms. The van der Waals surface area contributed by atoms with Crippen LogP contribution in [0, 0.1) is 0 Å². The zero-order valence-corrected chi connectivity index (χ0v) is 8.47. The van der Waals surface area contributed by atoms with E-state index in [0.717, 1.165) is 12.8 Å². The van der Waals surface area contributed by atoms with Gasteiger partial charge in [-0.25, -0.2) is 8.78 Å². The van der Waals surface area contributed by atoms with Crippen LogP contribution in [0.25, 0.3) is 0 Å². The summed E-state index contributed by atoms with van der Waals surface area (Å²) in [5.74, 6) is -0.234. The van der Waals surface area contributed by atoms with Gasteiger partial charge in [-0.05, 0) is 12.8 Å². The fraction of sp³-hybridized carbons (Fsp3) is 0.889. The summed E-state index contributed by atoms with van der Waals surface area (Å²) in [4.78, 5) is 11.2. The molecule has 0 radical (unpaired) electrons. The van der Waals surface area contributed by atoms with Crippen molar-refractivity contribution in [3.63, 3.8) is 0 Å². The van der Waals surface area contributed by atoms with Crippen LogP contribution < -0.4 is 10.6 Å². The van der Waals surface area contributed by atoms with E-state index in [1.54, 1.807) is 0 Å². The lowest BCUT2D eigenvalue weighted by atomic mass is 10.1. The van der Waals surface area contributed by atoms with Crippen LogP contribution in [0.1, 0.15) is 12.8 Å². The predicted molar refractivity (Wildman–Crippen MR) is 50.9 cm³/mol. The van der Waals surface area contributed by atoms with Crippen molar-refractivity contribution in [2.75, 3.05) is 26.3 Å². The third kappa shape index (κ3) is 5.64. The second kappa shape index (κ2) is 6.68. The molecule has 0 saturated carbocycles. The molecule has 0 aromatic heterocycles. The molecule has 6 heteroatoms. The Morgan fingerprint density at radius 3 is 2.67 bits per heavy atom. The van der Waals surface area contributed by atoms with Crippen LogP contribution in [-0.2, 0) is 9.53 Å². The van der Waals surface area contributed by atoms with Crippen LogP contribution in [0.5, 0.6) is 0 Å². The van der Waals surface area contributed by atoms with Crippen molar-refractivity contribution in [2.45, 2.75) is 25.3 Å². The second-order valence-electron chi connectivity index (χ2n) is 3.48. The third-order valence-electron chi connectivity index (χ3n) is 2.17. The highest BCUT2D eigenvalue weighted by atomic mass is 19.3. The molecule has 0 atom stereocenters. The first-order chi connectivity index (χ1) is 7.18. The lowest BCUT2D eigenvalue weighted by Crippen LogP contribution is -2.43. The smallest absolute Gasteiger partial charge is 0.250 e. The number of nitrogens with one attached hydrogen (secondary N) is 2. The predicted octanol–water partition coefficient (Wildman–Crippen LogP) is 0.136. The highest BCUT2D eigenvalue weighted by Crippen LogP contribution is 2.05. The lowest BCUT2D eigenvalue weighted by molar-refractivity contribution is -0.121. The van der Waals surface area contributed by atoms with E-state index in [0.29, 0.717) is 13.2 Å². The summed E-state index contributed by atoms with van der Waals surface area (Å²) in [7, 11) is 0. The van der Waals surface area contributed by atoms with E-state index in [1.807, 2.05) is 0 Å². The Balaban J connectivity index is 2.06. The molecular weight excluding hydrogens is 206 g/mol. The Morgan fingerprint density at radius 2 is 2.07 bits per heavy atom. The maximum atomic E-state index is 11.7. The molecule has 1 rings (SSSR count). The summed E-state index contributed by atoms with van der Waals surface area (Å²) in [6.07, 6.45) is -0.831. The zero-order chi connectivity index (χ0) is 11.1. The molecular formula is C9H16F2N2O2. The van der Waals surface area contributed by atoms with Gasteiger partial charge in [0.05, 0.1) is 13.1 Å². The molecule has 2 N–H and O–H groups in total. The minimum absolute atomic E-state index is 0.0539. The van der Waals surface area contributed by atoms with E-state index < -0.39 is 13.0 Å². The molecule has 0 bridgehead atoms. The zero-order valence-electron chi connectivity index (χ0n) is 8.47. The van der Waals surface area contributed by atoms with Gasteiger partial charge in [-0.3, -0.25) is 4.79 Å². The average molecular weight is 222 g/mol. The Morgan fingerprint density at radius 1 is 1.40 bits per heavy atom. The number of hydrogen-bond acceptors (Lipinski definition) is 3. The fourth-order valence-corrected chi connectivity index (χ4v) is 1.42. The molecule has 4 nitrogen and oxygen atoms in total. The highest BCUT2D eigenvalue weighted by molar-refractivity contribution is 5.78. The monoisotopic (exact) mass is 222 g/mol. The molecule has 0 aliphatic carbocycles. The molecule has 1 aliphatic heterocycles. The first-order valence-electron chi connectivity index (χ1n) is 5.04. The van der Waals surface area contributed by atoms with Gasteiger partial charge in [0.15, 0.2) is 0 Å². The van der Waals surface area contributed by atoms with Gasteiger partial charge in [0, 0.05) is 19.3 Å². The number of alkyl halides is 2. The first kappa shape index (κ1) is 12.3. The van der Waals surface area contributed by atoms with Crippen molar-refractivity contribution >= 4 is 5.91 Å². The second-order valence-corrected chi connectivity index (χ2v) is 3.48. The third-order valence-corrected chi connectivity index (χ3v) is 2.17. The van der Waals surface area contributed by atoms with Gasteiger partial charge in [0.1, 0.15) is 0 Å². The van der Waals surface area contributed by atoms with Gasteiger partial charge in [0.25, 0.3) is 6.43 Å². The van der Waals surface area contributed by atoms with Crippen LogP contribution >= 0.6 is 0 Å². The summed E-state index contributed by atoms with van der Waals surface area (Å²) in [5, 5.41) is 5.15. The van der Waals surface area contributed by atoms with Crippen LogP contribution in [0.15, 0.2) is 0 Å². The molecule has 1 fully saturated rings. The number of rotatable bonds is 5. The van der Waals surface area contributed by atoms with Gasteiger partial charge in [-0.2, -0.15) is 0 Å². The normalized spacial score (nSPS) is 18.1. The average Bonchev–Trinajstić information content (AvgIpc) is 2.18. The molecule has 1 aliphatic rings. The number of carbonyl (C=O) groups excluding carboxylic acids is 1. The Kier molecular flexibility index (Phi) is 5.49. The number of carbonyl (C=O) groups is 1. The topological polar surface area (TPSA) is 50.4 Å². The van der Waals surface area contributed by atoms with Gasteiger partial charge in [0.2, 0.25) is 5.91 Å². The standard InChI is InChI=1S/C9H16F2N2O2/c10-8(11)5-12-6-9(14)13-7-1-3-15-4-2-7/h7-8,12H,1-6H2,(H,13,14). The molecule has 1 saturated heterocycles. The lowest BCUT2D eigenvalue weighted by Gasteiger charge is -2.23. The van der Waals surface area contributed by atoms with Crippen molar-refractivity contribution in [3.8, 4) is 0 Å². The molecule has 0 aromatic rings. The van der Waals surface area contributed by atoms with Gasteiger partial charge in [-0.15, -0.1) is 0 Å². The Bertz CT molecular complexity index is 197. The van der Waals surface area contributed by atoms with E-state index in [9.17, 15) is 13.6 Å². The van der Waals surface area contributed by atoms with E-state index in [4.69, 9.17) is 4.74 Å². The molecule has 0 aromatic carbocycles. The molecule has 0 spiro atoms. The Hall–Kier alpha value is -0.750. The van der Waals surface area contributed by atoms with Gasteiger partial charge in [-0.1, -0.05) is 0 Å². The van der Waals surface area contributed by atoms with Crippen LogP contribution in [0.4, 0.5) is 8.78 Å². The summed E-state index contributed by atoms with van der Waals surface area (Å²) in [6, 6.07) is 0.125. The largest absolute Gasteiger partial charge is 0.381 e. The van der Waals surface area contributed by atoms with Crippen molar-refractivity contribution in [2.24, 2.45) is 0 Å². The number of amides is 1. The number of halogens is 2. The van der Waals surface area contributed by atoms with Crippen molar-refractivity contribution in [3.05, 3.63) is 0 Å². The Labute approximate surface area is 87.4 Å². The fourth-order valence-electron chi connectivity index (χ4n) is 1.42. The molecule has 1 heterocycles. The summed E-state index contributed by atoms with van der Waals surface area (Å²) < 4.78 is 28.6. The van der Waals surface area contributed by atoms with Crippen molar-refractivity contribution in [1.29, 1.82) is 0 Å². The maximum absolute atomic E-state index is 11.7. The molecule has 0 unspecified atom stereocenters. The van der Waals surface area contributed by atoms with Crippen LogP contribution in [0.3, 0.4) is 0 Å². The summed E-state index contributed by atoms with van der Waals surface area (Å²) in [6.45, 7) is 0.799. The summed E-state index contributed by atoms with van der Waals surface area (Å²) >= 11 is 0. The minimum atomic E-state index is -2.42. The van der Waals surface area contributed by atoms with Crippen molar-refractivity contribution in [1.82, 2.24) is 10.6 Å². The summed E-state index contributed by atoms with van der Waals surface area (Å²) in [5.41, 5.74) is 0. The van der Waals surface area contributed by atoms with Crippen LogP contribution in [0.2, 0.25) is 0 Å². The van der Waals surface area contributed by atoms with Crippen LogP contribution in [-0.4, -0.2) is 44.7 Å². The quantitative estimate of drug-likeness (QED) is 0.695. The molecule has 88 valence electrons. The van der Waals surface area contributed by atoms with Gasteiger partial charge >= 0.3 is 0 Å². The highest BCUT2D eigenvalue weighted by Gasteiger charge is 2.15. The first-order valence-corrected chi connectivity index (χ1v) is 5.04.